The van der Waals surface area contributed by atoms with Gasteiger partial charge in [-0.05, 0) is 62.9 Å². The van der Waals surface area contributed by atoms with E-state index in [2.05, 4.69) is 11.0 Å². The minimum Gasteiger partial charge on any atom is -0.479 e. The molecule has 0 aromatic heterocycles. The molecule has 0 aliphatic carbocycles. The number of hydrazone groups is 1. The van der Waals surface area contributed by atoms with Gasteiger partial charge in [-0.3, -0.25) is 0 Å². The first-order chi connectivity index (χ1) is 11.3. The Balaban J connectivity index is 2.95. The van der Waals surface area contributed by atoms with Crippen molar-refractivity contribution in [2.45, 2.75) is 18.1 Å². The highest BCUT2D eigenvalue weighted by atomic mass is 127. The lowest BCUT2D eigenvalue weighted by atomic mass is 10.2. The van der Waals surface area contributed by atoms with Crippen molar-refractivity contribution < 1.29 is 35.5 Å². The molecule has 1 rings (SSSR count). The molecule has 0 spiro atoms. The summed E-state index contributed by atoms with van der Waals surface area (Å²) < 4.78 is 93.6. The van der Waals surface area contributed by atoms with Crippen LogP contribution in [0.5, 0.6) is 5.75 Å². The Hall–Kier alpha value is -0.980. The highest BCUT2D eigenvalue weighted by molar-refractivity contribution is 14.1. The van der Waals surface area contributed by atoms with Crippen molar-refractivity contribution in [3.63, 3.8) is 0 Å². The van der Waals surface area contributed by atoms with Gasteiger partial charge >= 0.3 is 18.1 Å². The van der Waals surface area contributed by atoms with E-state index in [4.69, 9.17) is 11.2 Å². The highest BCUT2D eigenvalue weighted by Crippen LogP contribution is 2.45. The van der Waals surface area contributed by atoms with Gasteiger partial charge in [-0.15, -0.1) is 6.42 Å². The maximum atomic E-state index is 13.0. The van der Waals surface area contributed by atoms with Crippen molar-refractivity contribution in [3.05, 3.63) is 24.8 Å². The molecule has 0 saturated carbocycles. The standard InChI is InChI=1S/C13H7F7I2N2O/c1-2-3-25-10-8(21)4-7(5-9(10)22)6-23-24-13(19,20)11(14,15)12(16,17)18/h1,4-6,24H,3H2/b23-6+. The zero-order valence-corrected chi connectivity index (χ0v) is 16.1. The molecule has 3 nitrogen and oxygen atoms in total. The third-order valence-corrected chi connectivity index (χ3v) is 4.09. The van der Waals surface area contributed by atoms with Gasteiger partial charge < -0.3 is 4.74 Å². The molecule has 0 heterocycles. The number of benzene rings is 1. The van der Waals surface area contributed by atoms with Crippen LogP contribution in [-0.4, -0.2) is 31.0 Å². The normalized spacial score (nSPS) is 13.0. The Morgan fingerprint density at radius 2 is 1.64 bits per heavy atom. The molecule has 1 aromatic carbocycles. The van der Waals surface area contributed by atoms with E-state index >= 15 is 0 Å². The van der Waals surface area contributed by atoms with Crippen LogP contribution in [0.25, 0.3) is 0 Å². The average molecular weight is 594 g/mol. The van der Waals surface area contributed by atoms with Gasteiger partial charge in [0.2, 0.25) is 0 Å². The summed E-state index contributed by atoms with van der Waals surface area (Å²) in [6.45, 7) is -0.0141. The number of halogens is 9. The molecule has 0 bridgehead atoms. The number of ether oxygens (including phenoxy) is 1. The Morgan fingerprint density at radius 3 is 2.08 bits per heavy atom. The van der Waals surface area contributed by atoms with Crippen LogP contribution in [0.1, 0.15) is 5.56 Å². The average Bonchev–Trinajstić information content (AvgIpc) is 2.45. The van der Waals surface area contributed by atoms with Crippen LogP contribution in [0, 0.1) is 19.5 Å². The number of hydrogen-bond donors (Lipinski definition) is 1. The number of terminal acetylenes is 1. The summed E-state index contributed by atoms with van der Waals surface area (Å²) in [4.78, 5) is 0. The lowest BCUT2D eigenvalue weighted by Gasteiger charge is -2.27. The number of nitrogens with one attached hydrogen (secondary N) is 1. The Morgan fingerprint density at radius 1 is 1.12 bits per heavy atom. The topological polar surface area (TPSA) is 33.6 Å². The van der Waals surface area contributed by atoms with Crippen molar-refractivity contribution >= 4 is 51.4 Å². The summed E-state index contributed by atoms with van der Waals surface area (Å²) in [5.41, 5.74) is 0.713. The smallest absolute Gasteiger partial charge is 0.462 e. The van der Waals surface area contributed by atoms with Crippen LogP contribution in [-0.2, 0) is 0 Å². The Kier molecular flexibility index (Phi) is 7.19. The molecule has 0 fully saturated rings. The molecule has 0 unspecified atom stereocenters. The first-order valence-electron chi connectivity index (χ1n) is 6.01. The molecular weight excluding hydrogens is 587 g/mol. The molecule has 0 radical (unpaired) electrons. The molecule has 0 amide bonds. The maximum Gasteiger partial charge on any atom is 0.462 e. The first-order valence-corrected chi connectivity index (χ1v) is 8.17. The molecule has 138 valence electrons. The van der Waals surface area contributed by atoms with E-state index in [1.165, 1.54) is 12.1 Å². The molecule has 0 saturated heterocycles. The van der Waals surface area contributed by atoms with E-state index in [-0.39, 0.29) is 12.2 Å². The van der Waals surface area contributed by atoms with Gasteiger partial charge in [0.25, 0.3) is 0 Å². The second-order valence-corrected chi connectivity index (χ2v) is 6.65. The van der Waals surface area contributed by atoms with Gasteiger partial charge in [-0.25, -0.2) is 5.43 Å². The second-order valence-electron chi connectivity index (χ2n) is 4.32. The van der Waals surface area contributed by atoms with Gasteiger partial charge in [0.05, 0.1) is 13.4 Å². The third kappa shape index (κ3) is 5.25. The van der Waals surface area contributed by atoms with E-state index in [0.29, 0.717) is 24.5 Å². The summed E-state index contributed by atoms with van der Waals surface area (Å²) in [7, 11) is 0. The van der Waals surface area contributed by atoms with Gasteiger partial charge in [-0.1, -0.05) is 5.92 Å². The van der Waals surface area contributed by atoms with Crippen molar-refractivity contribution in [3.8, 4) is 18.1 Å². The number of rotatable bonds is 6. The van der Waals surface area contributed by atoms with E-state index < -0.39 is 18.1 Å². The van der Waals surface area contributed by atoms with E-state index in [1.54, 1.807) is 0 Å². The zero-order chi connectivity index (χ0) is 19.5. The fraction of sp³-hybridized carbons (Fsp3) is 0.308. The molecule has 0 aliphatic heterocycles. The van der Waals surface area contributed by atoms with Crippen LogP contribution in [0.15, 0.2) is 17.2 Å². The van der Waals surface area contributed by atoms with Crippen LogP contribution in [0.3, 0.4) is 0 Å². The van der Waals surface area contributed by atoms with Crippen LogP contribution in [0.4, 0.5) is 30.7 Å². The second kappa shape index (κ2) is 8.14. The fourth-order valence-corrected chi connectivity index (χ4v) is 3.47. The SMILES string of the molecule is C#CCOc1c(I)cc(/C=N/NC(F)(F)C(F)(F)C(F)(F)F)cc1I. The minimum atomic E-state index is -6.43. The van der Waals surface area contributed by atoms with E-state index in [1.807, 2.05) is 45.2 Å². The van der Waals surface area contributed by atoms with Gasteiger partial charge in [0, 0.05) is 0 Å². The van der Waals surface area contributed by atoms with Gasteiger partial charge in [0.1, 0.15) is 12.4 Å². The first kappa shape index (κ1) is 22.1. The number of alkyl halides is 7. The molecular formula is C13H7F7I2N2O. The monoisotopic (exact) mass is 594 g/mol. The Bertz CT molecular complexity index is 676. The lowest BCUT2D eigenvalue weighted by Crippen LogP contribution is -2.58. The van der Waals surface area contributed by atoms with Gasteiger partial charge in [0.15, 0.2) is 0 Å². The molecule has 12 heteroatoms. The largest absolute Gasteiger partial charge is 0.479 e. The lowest BCUT2D eigenvalue weighted by molar-refractivity contribution is -0.361. The zero-order valence-electron chi connectivity index (χ0n) is 11.8. The van der Waals surface area contributed by atoms with Crippen molar-refractivity contribution in [2.75, 3.05) is 6.61 Å². The fourth-order valence-electron chi connectivity index (χ4n) is 1.34. The molecule has 1 N–H and O–H groups in total. The summed E-state index contributed by atoms with van der Waals surface area (Å²) in [6, 6.07) is -2.84. The maximum absolute atomic E-state index is 13.0. The van der Waals surface area contributed by atoms with Crippen LogP contribution >= 0.6 is 45.2 Å². The number of hydrogen-bond acceptors (Lipinski definition) is 3. The summed E-state index contributed by atoms with van der Waals surface area (Å²) >= 11 is 3.69. The molecule has 0 aliphatic rings. The predicted octanol–water partition coefficient (Wildman–Crippen LogP) is 4.62. The van der Waals surface area contributed by atoms with Crippen LogP contribution < -0.4 is 10.2 Å². The minimum absolute atomic E-state index is 0.0141. The summed E-state index contributed by atoms with van der Waals surface area (Å²) in [5, 5.41) is 2.78. The Labute approximate surface area is 164 Å². The van der Waals surface area contributed by atoms with Gasteiger partial charge in [-0.2, -0.15) is 35.8 Å². The molecule has 0 atom stereocenters. The molecule has 25 heavy (non-hydrogen) atoms. The van der Waals surface area contributed by atoms with Crippen molar-refractivity contribution in [1.29, 1.82) is 0 Å². The quantitative estimate of drug-likeness (QED) is 0.130. The third-order valence-electron chi connectivity index (χ3n) is 2.49. The van der Waals surface area contributed by atoms with Crippen molar-refractivity contribution in [1.82, 2.24) is 5.43 Å². The van der Waals surface area contributed by atoms with E-state index in [0.717, 1.165) is 0 Å². The molecule has 1 aromatic rings. The predicted molar refractivity (Wildman–Crippen MR) is 92.9 cm³/mol. The van der Waals surface area contributed by atoms with E-state index in [9.17, 15) is 30.7 Å². The van der Waals surface area contributed by atoms with Crippen LogP contribution in [0.2, 0.25) is 0 Å². The summed E-state index contributed by atoms with van der Waals surface area (Å²) in [6.07, 6.45) is -0.698. The number of nitrogens with zero attached hydrogens (tertiary/aromatic N) is 1. The highest BCUT2D eigenvalue weighted by Gasteiger charge is 2.73. The van der Waals surface area contributed by atoms with Crippen molar-refractivity contribution in [2.24, 2.45) is 5.10 Å². The summed E-state index contributed by atoms with van der Waals surface area (Å²) in [5.74, 6) is -3.62.